The maximum absolute atomic E-state index is 12.7. The normalized spacial score (nSPS) is 11.6. The molecule has 0 atom stereocenters. The van der Waals surface area contributed by atoms with Crippen molar-refractivity contribution >= 4 is 21.6 Å². The lowest BCUT2D eigenvalue weighted by Crippen LogP contribution is -2.24. The molecule has 0 aliphatic heterocycles. The molecule has 0 aliphatic rings. The molecule has 3 N–H and O–H groups in total. The zero-order valence-corrected chi connectivity index (χ0v) is 9.57. The van der Waals surface area contributed by atoms with Gasteiger partial charge in [0.25, 0.3) is 9.84 Å². The number of nitrogens with one attached hydrogen (secondary N) is 1. The fourth-order valence-corrected chi connectivity index (χ4v) is 1.62. The van der Waals surface area contributed by atoms with Gasteiger partial charge in [0.2, 0.25) is 0 Å². The number of hydrogen-bond acceptors (Lipinski definition) is 4. The van der Waals surface area contributed by atoms with E-state index in [2.05, 4.69) is 17.6 Å². The molecule has 1 rings (SSSR count). The summed E-state index contributed by atoms with van der Waals surface area (Å²) in [6.45, 7) is 0. The molecule has 0 heterocycles. The highest BCUT2D eigenvalue weighted by Gasteiger charge is 2.48. The van der Waals surface area contributed by atoms with Crippen LogP contribution in [-0.2, 0) is 9.84 Å². The van der Waals surface area contributed by atoms with Crippen molar-refractivity contribution in [2.75, 3.05) is 0 Å². The fourth-order valence-electron chi connectivity index (χ4n) is 0.787. The third-order valence-corrected chi connectivity index (χ3v) is 2.95. The summed E-state index contributed by atoms with van der Waals surface area (Å²) in [5.41, 5.74) is -5.48. The minimum Gasteiger partial charge on any atom is -0.257 e. The zero-order valence-electron chi connectivity index (χ0n) is 8.00. The van der Waals surface area contributed by atoms with E-state index in [-0.39, 0.29) is 0 Å². The molecule has 0 fully saturated rings. The quantitative estimate of drug-likeness (QED) is 0.358. The van der Waals surface area contributed by atoms with Crippen molar-refractivity contribution in [2.24, 2.45) is 5.84 Å². The second kappa shape index (κ2) is 6.15. The van der Waals surface area contributed by atoms with E-state index in [1.807, 2.05) is 0 Å². The Morgan fingerprint density at radius 2 is 1.65 bits per heavy atom. The van der Waals surface area contributed by atoms with Crippen molar-refractivity contribution in [1.29, 1.82) is 0 Å². The molecular weight excluding hydrogens is 288 g/mol. The van der Waals surface area contributed by atoms with Gasteiger partial charge in [0.15, 0.2) is 0 Å². The molecule has 98 valence electrons. The van der Waals surface area contributed by atoms with Crippen LogP contribution in [0.1, 0.15) is 0 Å². The molecule has 17 heavy (non-hydrogen) atoms. The Morgan fingerprint density at radius 3 is 2.00 bits per heavy atom. The van der Waals surface area contributed by atoms with Gasteiger partial charge in [0.05, 0.1) is 0 Å². The molecule has 0 spiro atoms. The zero-order chi connectivity index (χ0) is 13.7. The molecule has 0 radical (unpaired) electrons. The first-order valence-corrected chi connectivity index (χ1v) is 5.66. The molecule has 0 bridgehead atoms. The maximum atomic E-state index is 12.7. The Morgan fingerprint density at radius 1 is 1.24 bits per heavy atom. The van der Waals surface area contributed by atoms with Crippen LogP contribution in [0.15, 0.2) is 29.2 Å². The van der Waals surface area contributed by atoms with E-state index in [0.29, 0.717) is 12.1 Å². The first kappa shape index (κ1) is 16.1. The van der Waals surface area contributed by atoms with E-state index in [0.717, 1.165) is 12.1 Å². The fraction of sp³-hybridized carbons (Fsp3) is 0.143. The van der Waals surface area contributed by atoms with Crippen molar-refractivity contribution in [1.82, 2.24) is 4.94 Å². The van der Waals surface area contributed by atoms with E-state index in [1.54, 1.807) is 4.94 Å². The van der Waals surface area contributed by atoms with E-state index >= 15 is 0 Å². The molecule has 0 aromatic heterocycles. The van der Waals surface area contributed by atoms with Gasteiger partial charge < -0.3 is 0 Å². The minimum absolute atomic E-state index is 0.568. The largest absolute Gasteiger partial charge is 0.502 e. The SMILES string of the molecule is NNCl.O=S(=O)(c1ccccc1F)C(F)(F)F. The molecule has 1 aromatic rings. The summed E-state index contributed by atoms with van der Waals surface area (Å²) < 4.78 is 70.0. The summed E-state index contributed by atoms with van der Waals surface area (Å²) in [7, 11) is -5.58. The van der Waals surface area contributed by atoms with Gasteiger partial charge in [-0.1, -0.05) is 12.1 Å². The number of hydrogen-bond donors (Lipinski definition) is 2. The molecule has 0 unspecified atom stereocenters. The number of hydrazine groups is 1. The van der Waals surface area contributed by atoms with Crippen LogP contribution in [0.5, 0.6) is 0 Å². The number of nitrogens with two attached hydrogens (primary N) is 1. The predicted molar refractivity (Wildman–Crippen MR) is 52.8 cm³/mol. The van der Waals surface area contributed by atoms with Crippen molar-refractivity contribution in [3.63, 3.8) is 0 Å². The average molecular weight is 295 g/mol. The topological polar surface area (TPSA) is 72.2 Å². The highest BCUT2D eigenvalue weighted by Crippen LogP contribution is 2.31. The van der Waals surface area contributed by atoms with Crippen molar-refractivity contribution in [3.05, 3.63) is 30.1 Å². The van der Waals surface area contributed by atoms with Gasteiger partial charge in [-0.05, 0) is 23.9 Å². The van der Waals surface area contributed by atoms with Crippen LogP contribution in [0, 0.1) is 5.82 Å². The predicted octanol–water partition coefficient (Wildman–Crippen LogP) is 1.72. The summed E-state index contributed by atoms with van der Waals surface area (Å²) in [5, 5.41) is 0. The second-order valence-electron chi connectivity index (χ2n) is 2.49. The van der Waals surface area contributed by atoms with E-state index in [1.165, 1.54) is 0 Å². The summed E-state index contributed by atoms with van der Waals surface area (Å²) >= 11 is 4.53. The van der Waals surface area contributed by atoms with Crippen LogP contribution in [0.3, 0.4) is 0 Å². The average Bonchev–Trinajstić information content (AvgIpc) is 2.17. The van der Waals surface area contributed by atoms with Crippen LogP contribution in [0.25, 0.3) is 0 Å². The van der Waals surface area contributed by atoms with Gasteiger partial charge in [0.1, 0.15) is 10.7 Å². The van der Waals surface area contributed by atoms with Crippen LogP contribution in [-0.4, -0.2) is 13.9 Å². The number of rotatable bonds is 1. The van der Waals surface area contributed by atoms with Gasteiger partial charge in [-0.25, -0.2) is 12.8 Å². The number of halogens is 5. The molecule has 10 heteroatoms. The molecule has 1 aromatic carbocycles. The highest BCUT2D eigenvalue weighted by molar-refractivity contribution is 7.92. The van der Waals surface area contributed by atoms with Gasteiger partial charge in [-0.2, -0.15) is 18.1 Å². The first-order chi connectivity index (χ1) is 7.68. The first-order valence-electron chi connectivity index (χ1n) is 3.80. The standard InChI is InChI=1S/C7H4F4O2S.ClH3N2/c8-5-3-1-2-4-6(5)14(12,13)7(9,10)11;1-3-2/h1-4H;3H,2H2. The number of sulfone groups is 1. The smallest absolute Gasteiger partial charge is 0.257 e. The lowest BCUT2D eigenvalue weighted by molar-refractivity contribution is -0.0437. The minimum atomic E-state index is -5.58. The van der Waals surface area contributed by atoms with Crippen molar-refractivity contribution in [3.8, 4) is 0 Å². The molecule has 0 saturated heterocycles. The Kier molecular flexibility index (Phi) is 5.82. The molecular formula is C7H7ClF4N2O2S. The maximum Gasteiger partial charge on any atom is 0.502 e. The number of benzene rings is 1. The van der Waals surface area contributed by atoms with Crippen molar-refractivity contribution < 1.29 is 26.0 Å². The van der Waals surface area contributed by atoms with Crippen LogP contribution in [0.4, 0.5) is 17.6 Å². The van der Waals surface area contributed by atoms with E-state index < -0.39 is 26.1 Å². The summed E-state index contributed by atoms with van der Waals surface area (Å²) in [6, 6.07) is 3.34. The van der Waals surface area contributed by atoms with Gasteiger partial charge in [-0.3, -0.25) is 5.84 Å². The van der Waals surface area contributed by atoms with E-state index in [4.69, 9.17) is 0 Å². The van der Waals surface area contributed by atoms with Gasteiger partial charge >= 0.3 is 5.51 Å². The third kappa shape index (κ3) is 4.11. The molecule has 0 amide bonds. The second-order valence-corrected chi connectivity index (χ2v) is 4.62. The monoisotopic (exact) mass is 294 g/mol. The molecule has 0 saturated carbocycles. The number of alkyl halides is 3. The lowest BCUT2D eigenvalue weighted by atomic mass is 10.3. The summed E-state index contributed by atoms with van der Waals surface area (Å²) in [5.74, 6) is 2.95. The third-order valence-electron chi connectivity index (χ3n) is 1.43. The summed E-state index contributed by atoms with van der Waals surface area (Å²) in [4.78, 5) is 0.368. The Balaban J connectivity index is 0.000000770. The van der Waals surface area contributed by atoms with Gasteiger partial charge in [0, 0.05) is 0 Å². The Hall–Kier alpha value is -0.900. The van der Waals surface area contributed by atoms with Gasteiger partial charge in [-0.15, -0.1) is 0 Å². The Labute approximate surface area is 99.4 Å². The van der Waals surface area contributed by atoms with Crippen molar-refractivity contribution in [2.45, 2.75) is 10.4 Å². The lowest BCUT2D eigenvalue weighted by Gasteiger charge is -2.07. The Bertz CT molecular complexity index is 463. The highest BCUT2D eigenvalue weighted by atomic mass is 35.5. The molecule has 0 aliphatic carbocycles. The van der Waals surface area contributed by atoms with Crippen LogP contribution in [0.2, 0.25) is 0 Å². The van der Waals surface area contributed by atoms with Crippen LogP contribution < -0.4 is 10.8 Å². The summed E-state index contributed by atoms with van der Waals surface area (Å²) in [6.07, 6.45) is 0. The molecule has 4 nitrogen and oxygen atoms in total. The van der Waals surface area contributed by atoms with Crippen LogP contribution >= 0.6 is 11.8 Å². The van der Waals surface area contributed by atoms with E-state index in [9.17, 15) is 26.0 Å².